The molecule has 0 unspecified atom stereocenters. The fourth-order valence-electron chi connectivity index (χ4n) is 1.84. The molecule has 1 aromatic carbocycles. The Morgan fingerprint density at radius 2 is 2.15 bits per heavy atom. The van der Waals surface area contributed by atoms with Crippen LogP contribution in [0.5, 0.6) is 0 Å². The molecule has 0 aliphatic heterocycles. The smallest absolute Gasteiger partial charge is 0.151 e. The summed E-state index contributed by atoms with van der Waals surface area (Å²) in [5.74, 6) is 0.258. The molecule has 108 valence electrons. The van der Waals surface area contributed by atoms with Crippen LogP contribution in [0.3, 0.4) is 0 Å². The molecule has 1 aromatic heterocycles. The van der Waals surface area contributed by atoms with Crippen molar-refractivity contribution < 1.29 is 8.42 Å². The SMILES string of the molecule is CCS(=O)(=O)CCNc1ccc(N)c2cc(Br)cnc12. The van der Waals surface area contributed by atoms with Gasteiger partial charge in [0.2, 0.25) is 0 Å². The van der Waals surface area contributed by atoms with E-state index in [1.807, 2.05) is 12.1 Å². The van der Waals surface area contributed by atoms with Crippen molar-refractivity contribution >= 4 is 48.0 Å². The van der Waals surface area contributed by atoms with Crippen LogP contribution in [0.25, 0.3) is 10.9 Å². The molecule has 3 N–H and O–H groups in total. The summed E-state index contributed by atoms with van der Waals surface area (Å²) in [6.45, 7) is 2.00. The normalized spacial score (nSPS) is 11.7. The van der Waals surface area contributed by atoms with Gasteiger partial charge in [-0.3, -0.25) is 4.98 Å². The lowest BCUT2D eigenvalue weighted by atomic mass is 10.1. The Balaban J connectivity index is 2.25. The van der Waals surface area contributed by atoms with Gasteiger partial charge >= 0.3 is 0 Å². The van der Waals surface area contributed by atoms with E-state index in [1.54, 1.807) is 19.2 Å². The second kappa shape index (κ2) is 5.97. The summed E-state index contributed by atoms with van der Waals surface area (Å²) in [4.78, 5) is 4.34. The molecule has 20 heavy (non-hydrogen) atoms. The minimum atomic E-state index is -2.97. The highest BCUT2D eigenvalue weighted by Crippen LogP contribution is 2.28. The van der Waals surface area contributed by atoms with Gasteiger partial charge in [0.15, 0.2) is 9.84 Å². The molecule has 0 bridgehead atoms. The zero-order valence-electron chi connectivity index (χ0n) is 11.1. The highest BCUT2D eigenvalue weighted by atomic mass is 79.9. The van der Waals surface area contributed by atoms with Gasteiger partial charge in [0.1, 0.15) is 0 Å². The van der Waals surface area contributed by atoms with Gasteiger partial charge in [0, 0.05) is 34.0 Å². The molecule has 2 aromatic rings. The molecule has 0 atom stereocenters. The molecule has 2 rings (SSSR count). The lowest BCUT2D eigenvalue weighted by molar-refractivity contribution is 0.597. The first-order valence-corrected chi connectivity index (χ1v) is 8.82. The average Bonchev–Trinajstić information content (AvgIpc) is 2.41. The van der Waals surface area contributed by atoms with E-state index in [-0.39, 0.29) is 11.5 Å². The molecule has 0 spiro atoms. The summed E-state index contributed by atoms with van der Waals surface area (Å²) >= 11 is 3.36. The van der Waals surface area contributed by atoms with Crippen LogP contribution in [-0.2, 0) is 9.84 Å². The third-order valence-corrected chi connectivity index (χ3v) is 5.16. The summed E-state index contributed by atoms with van der Waals surface area (Å²) < 4.78 is 23.8. The number of anilines is 2. The molecule has 0 saturated heterocycles. The van der Waals surface area contributed by atoms with E-state index in [0.29, 0.717) is 12.2 Å². The minimum absolute atomic E-state index is 0.103. The summed E-state index contributed by atoms with van der Waals surface area (Å²) in [7, 11) is -2.97. The van der Waals surface area contributed by atoms with Gasteiger partial charge in [-0.1, -0.05) is 6.92 Å². The van der Waals surface area contributed by atoms with Crippen LogP contribution in [0.4, 0.5) is 11.4 Å². The molecular formula is C13H16BrN3O2S. The number of sulfone groups is 1. The summed E-state index contributed by atoms with van der Waals surface area (Å²) in [5.41, 5.74) is 8.09. The fraction of sp³-hybridized carbons (Fsp3) is 0.308. The Labute approximate surface area is 126 Å². The molecule has 0 aliphatic rings. The van der Waals surface area contributed by atoms with Crippen molar-refractivity contribution in [1.29, 1.82) is 0 Å². The minimum Gasteiger partial charge on any atom is -0.398 e. The van der Waals surface area contributed by atoms with Gasteiger partial charge in [-0.25, -0.2) is 8.42 Å². The second-order valence-corrected chi connectivity index (χ2v) is 7.80. The van der Waals surface area contributed by atoms with Gasteiger partial charge in [-0.15, -0.1) is 0 Å². The van der Waals surface area contributed by atoms with Gasteiger partial charge in [0.05, 0.1) is 17.0 Å². The molecular weight excluding hydrogens is 342 g/mol. The Hall–Kier alpha value is -1.34. The maximum absolute atomic E-state index is 11.5. The number of pyridine rings is 1. The van der Waals surface area contributed by atoms with Gasteiger partial charge < -0.3 is 11.1 Å². The van der Waals surface area contributed by atoms with Gasteiger partial charge in [0.25, 0.3) is 0 Å². The first kappa shape index (κ1) is 15.1. The van der Waals surface area contributed by atoms with Crippen molar-refractivity contribution in [3.8, 4) is 0 Å². The molecule has 5 nitrogen and oxygen atoms in total. The van der Waals surface area contributed by atoms with E-state index in [4.69, 9.17) is 5.73 Å². The number of benzene rings is 1. The van der Waals surface area contributed by atoms with E-state index < -0.39 is 9.84 Å². The van der Waals surface area contributed by atoms with Crippen molar-refractivity contribution in [3.63, 3.8) is 0 Å². The molecule has 0 radical (unpaired) electrons. The number of halogens is 1. The largest absolute Gasteiger partial charge is 0.398 e. The lowest BCUT2D eigenvalue weighted by Gasteiger charge is -2.11. The molecule has 0 fully saturated rings. The summed E-state index contributed by atoms with van der Waals surface area (Å²) in [6.07, 6.45) is 1.69. The Kier molecular flexibility index (Phi) is 4.49. The number of nitrogens with one attached hydrogen (secondary N) is 1. The van der Waals surface area contributed by atoms with Crippen molar-refractivity contribution in [2.24, 2.45) is 0 Å². The van der Waals surface area contributed by atoms with Crippen LogP contribution in [0.1, 0.15) is 6.92 Å². The van der Waals surface area contributed by atoms with Gasteiger partial charge in [-0.2, -0.15) is 0 Å². The third kappa shape index (κ3) is 3.40. The van der Waals surface area contributed by atoms with Crippen LogP contribution < -0.4 is 11.1 Å². The number of nitrogens with zero attached hydrogens (tertiary/aromatic N) is 1. The first-order valence-electron chi connectivity index (χ1n) is 6.21. The van der Waals surface area contributed by atoms with E-state index in [2.05, 4.69) is 26.2 Å². The maximum atomic E-state index is 11.5. The Morgan fingerprint density at radius 1 is 1.40 bits per heavy atom. The van der Waals surface area contributed by atoms with Crippen LogP contribution in [0, 0.1) is 0 Å². The van der Waals surface area contributed by atoms with Crippen molar-refractivity contribution in [2.45, 2.75) is 6.92 Å². The number of rotatable bonds is 5. The average molecular weight is 358 g/mol. The molecule has 0 saturated carbocycles. The summed E-state index contributed by atoms with van der Waals surface area (Å²) in [6, 6.07) is 5.50. The van der Waals surface area contributed by atoms with Crippen LogP contribution in [-0.4, -0.2) is 31.5 Å². The van der Waals surface area contributed by atoms with E-state index in [0.717, 1.165) is 21.1 Å². The zero-order valence-corrected chi connectivity index (χ0v) is 13.5. The monoisotopic (exact) mass is 357 g/mol. The van der Waals surface area contributed by atoms with Crippen molar-refractivity contribution in [2.75, 3.05) is 29.1 Å². The number of fused-ring (bicyclic) bond motifs is 1. The molecule has 7 heteroatoms. The maximum Gasteiger partial charge on any atom is 0.151 e. The van der Waals surface area contributed by atoms with Crippen molar-refractivity contribution in [1.82, 2.24) is 4.98 Å². The number of hydrogen-bond donors (Lipinski definition) is 2. The second-order valence-electron chi connectivity index (χ2n) is 4.42. The number of hydrogen-bond acceptors (Lipinski definition) is 5. The zero-order chi connectivity index (χ0) is 14.8. The molecule has 1 heterocycles. The van der Waals surface area contributed by atoms with Crippen LogP contribution in [0.2, 0.25) is 0 Å². The quantitative estimate of drug-likeness (QED) is 0.802. The highest BCUT2D eigenvalue weighted by molar-refractivity contribution is 9.10. The standard InChI is InChI=1S/C13H16BrN3O2S/c1-2-20(18,19)6-5-16-12-4-3-11(15)10-7-9(14)8-17-13(10)12/h3-4,7-8,16H,2,5-6,15H2,1H3. The predicted molar refractivity (Wildman–Crippen MR) is 86.7 cm³/mol. The highest BCUT2D eigenvalue weighted by Gasteiger charge is 2.09. The topological polar surface area (TPSA) is 85.1 Å². The summed E-state index contributed by atoms with van der Waals surface area (Å²) in [5, 5.41) is 3.95. The lowest BCUT2D eigenvalue weighted by Crippen LogP contribution is -2.17. The molecule has 0 aliphatic carbocycles. The number of aromatic nitrogens is 1. The predicted octanol–water partition coefficient (Wildman–Crippen LogP) is 2.43. The Morgan fingerprint density at radius 3 is 2.85 bits per heavy atom. The van der Waals surface area contributed by atoms with E-state index in [9.17, 15) is 8.42 Å². The van der Waals surface area contributed by atoms with Crippen molar-refractivity contribution in [3.05, 3.63) is 28.9 Å². The first-order chi connectivity index (χ1) is 9.43. The van der Waals surface area contributed by atoms with Gasteiger partial charge in [-0.05, 0) is 34.1 Å². The fourth-order valence-corrected chi connectivity index (χ4v) is 2.88. The number of nitrogens with two attached hydrogens (primary N) is 1. The third-order valence-electron chi connectivity index (χ3n) is 3.02. The Bertz CT molecular complexity index is 732. The van der Waals surface area contributed by atoms with Crippen LogP contribution >= 0.6 is 15.9 Å². The van der Waals surface area contributed by atoms with E-state index in [1.165, 1.54) is 0 Å². The number of nitrogen functional groups attached to an aromatic ring is 1. The van der Waals surface area contributed by atoms with Crippen LogP contribution in [0.15, 0.2) is 28.9 Å². The molecule has 0 amide bonds. The van der Waals surface area contributed by atoms with E-state index >= 15 is 0 Å².